The average Bonchev–Trinajstić information content (AvgIpc) is 2.31. The Kier molecular flexibility index (Phi) is 4.21. The minimum Gasteiger partial charge on any atom is -0.480 e. The van der Waals surface area contributed by atoms with E-state index in [4.69, 9.17) is 11.5 Å². The number of nitrogens with zero attached hydrogens (tertiary/aromatic N) is 3. The van der Waals surface area contributed by atoms with Gasteiger partial charge in [0.2, 0.25) is 0 Å². The van der Waals surface area contributed by atoms with Gasteiger partial charge in [-0.3, -0.25) is 14.4 Å². The van der Waals surface area contributed by atoms with E-state index in [0.717, 1.165) is 9.58 Å². The van der Waals surface area contributed by atoms with Gasteiger partial charge in [-0.05, 0) is 6.07 Å². The SMILES string of the molecule is C#CCN(CC(=O)O)C(=O)c1ccc(=O)n(C)n1. The number of carbonyl (C=O) groups is 2. The van der Waals surface area contributed by atoms with Crippen LogP contribution in [0.4, 0.5) is 0 Å². The lowest BCUT2D eigenvalue weighted by atomic mass is 10.3. The fraction of sp³-hybridized carbons (Fsp3) is 0.273. The molecule has 0 aliphatic rings. The van der Waals surface area contributed by atoms with Crippen LogP contribution in [0.25, 0.3) is 0 Å². The number of terminal acetylenes is 1. The lowest BCUT2D eigenvalue weighted by Gasteiger charge is -2.17. The standard InChI is InChI=1S/C11H11N3O4/c1-3-6-14(7-10(16)17)11(18)8-4-5-9(15)13(2)12-8/h1,4-5H,6-7H2,2H3,(H,16,17). The summed E-state index contributed by atoms with van der Waals surface area (Å²) >= 11 is 0. The van der Waals surface area contributed by atoms with E-state index >= 15 is 0 Å². The van der Waals surface area contributed by atoms with E-state index in [2.05, 4.69) is 11.0 Å². The first-order valence-electron chi connectivity index (χ1n) is 4.94. The minimum atomic E-state index is -1.18. The van der Waals surface area contributed by atoms with Crippen molar-refractivity contribution in [2.75, 3.05) is 13.1 Å². The molecule has 0 aliphatic carbocycles. The second kappa shape index (κ2) is 5.63. The fourth-order valence-corrected chi connectivity index (χ4v) is 1.25. The monoisotopic (exact) mass is 249 g/mol. The van der Waals surface area contributed by atoms with Crippen molar-refractivity contribution >= 4 is 11.9 Å². The Morgan fingerprint density at radius 1 is 1.56 bits per heavy atom. The number of aliphatic carboxylic acids is 1. The Bertz CT molecular complexity index is 570. The lowest BCUT2D eigenvalue weighted by molar-refractivity contribution is -0.137. The number of aryl methyl sites for hydroxylation is 1. The molecule has 1 aromatic heterocycles. The van der Waals surface area contributed by atoms with Crippen molar-refractivity contribution in [3.8, 4) is 12.3 Å². The molecule has 0 saturated heterocycles. The van der Waals surface area contributed by atoms with Gasteiger partial charge in [-0.25, -0.2) is 4.68 Å². The molecular weight excluding hydrogens is 238 g/mol. The van der Waals surface area contributed by atoms with Crippen molar-refractivity contribution in [1.82, 2.24) is 14.7 Å². The molecule has 7 nitrogen and oxygen atoms in total. The van der Waals surface area contributed by atoms with Crippen molar-refractivity contribution in [2.45, 2.75) is 0 Å². The summed E-state index contributed by atoms with van der Waals surface area (Å²) in [6.45, 7) is -0.663. The van der Waals surface area contributed by atoms with Crippen LogP contribution in [0.15, 0.2) is 16.9 Å². The van der Waals surface area contributed by atoms with E-state index < -0.39 is 18.4 Å². The first kappa shape index (κ1) is 13.4. The topological polar surface area (TPSA) is 92.5 Å². The fourth-order valence-electron chi connectivity index (χ4n) is 1.25. The van der Waals surface area contributed by atoms with Crippen molar-refractivity contribution in [3.63, 3.8) is 0 Å². The van der Waals surface area contributed by atoms with Gasteiger partial charge in [-0.15, -0.1) is 6.42 Å². The quantitative estimate of drug-likeness (QED) is 0.687. The van der Waals surface area contributed by atoms with Crippen molar-refractivity contribution in [2.24, 2.45) is 7.05 Å². The molecule has 0 spiro atoms. The molecule has 0 atom stereocenters. The van der Waals surface area contributed by atoms with Gasteiger partial charge < -0.3 is 10.0 Å². The predicted octanol–water partition coefficient (Wildman–Crippen LogP) is -1.06. The summed E-state index contributed by atoms with van der Waals surface area (Å²) in [6, 6.07) is 2.41. The highest BCUT2D eigenvalue weighted by atomic mass is 16.4. The third-order valence-corrected chi connectivity index (χ3v) is 2.08. The first-order valence-corrected chi connectivity index (χ1v) is 4.94. The Hall–Kier alpha value is -2.62. The van der Waals surface area contributed by atoms with Gasteiger partial charge in [-0.1, -0.05) is 5.92 Å². The van der Waals surface area contributed by atoms with Crippen molar-refractivity contribution in [3.05, 3.63) is 28.2 Å². The molecule has 18 heavy (non-hydrogen) atoms. The van der Waals surface area contributed by atoms with Crippen LogP contribution in [-0.4, -0.2) is 44.8 Å². The number of carbonyl (C=O) groups excluding carboxylic acids is 1. The highest BCUT2D eigenvalue weighted by Gasteiger charge is 2.19. The van der Waals surface area contributed by atoms with Crippen molar-refractivity contribution in [1.29, 1.82) is 0 Å². The predicted molar refractivity (Wildman–Crippen MR) is 61.9 cm³/mol. The van der Waals surface area contributed by atoms with Crippen LogP contribution >= 0.6 is 0 Å². The van der Waals surface area contributed by atoms with E-state index in [1.807, 2.05) is 0 Å². The Labute approximate surface area is 103 Å². The molecule has 7 heteroatoms. The summed E-state index contributed by atoms with van der Waals surface area (Å²) in [5, 5.41) is 12.4. The normalized spacial score (nSPS) is 9.56. The van der Waals surface area contributed by atoms with Gasteiger partial charge in [0.05, 0.1) is 6.54 Å². The average molecular weight is 249 g/mol. The largest absolute Gasteiger partial charge is 0.480 e. The molecule has 1 N–H and O–H groups in total. The lowest BCUT2D eigenvalue weighted by Crippen LogP contribution is -2.37. The zero-order chi connectivity index (χ0) is 13.7. The summed E-state index contributed by atoms with van der Waals surface area (Å²) < 4.78 is 0.988. The maximum atomic E-state index is 11.9. The molecule has 94 valence electrons. The smallest absolute Gasteiger partial charge is 0.323 e. The summed E-state index contributed by atoms with van der Waals surface area (Å²) in [5.41, 5.74) is -0.401. The van der Waals surface area contributed by atoms with E-state index in [1.54, 1.807) is 0 Å². The maximum Gasteiger partial charge on any atom is 0.323 e. The number of rotatable bonds is 4. The molecule has 0 radical (unpaired) electrons. The van der Waals surface area contributed by atoms with Crippen molar-refractivity contribution < 1.29 is 14.7 Å². The van der Waals surface area contributed by atoms with E-state index in [9.17, 15) is 14.4 Å². The first-order chi connectivity index (χ1) is 8.45. The maximum absolute atomic E-state index is 11.9. The molecule has 1 rings (SSSR count). The van der Waals surface area contributed by atoms with E-state index in [0.29, 0.717) is 0 Å². The molecule has 0 saturated carbocycles. The highest BCUT2D eigenvalue weighted by Crippen LogP contribution is 1.99. The van der Waals surface area contributed by atoms with Gasteiger partial charge in [0.1, 0.15) is 12.2 Å². The Morgan fingerprint density at radius 3 is 2.72 bits per heavy atom. The molecule has 1 aromatic rings. The molecule has 0 bridgehead atoms. The summed E-state index contributed by atoms with van der Waals surface area (Å²) in [6.07, 6.45) is 5.06. The highest BCUT2D eigenvalue weighted by molar-refractivity contribution is 5.94. The third-order valence-electron chi connectivity index (χ3n) is 2.08. The van der Waals surface area contributed by atoms with Gasteiger partial charge in [0.25, 0.3) is 11.5 Å². The molecule has 1 heterocycles. The Balaban J connectivity index is 3.02. The van der Waals surface area contributed by atoms with Crippen LogP contribution in [0, 0.1) is 12.3 Å². The molecule has 1 amide bonds. The number of amides is 1. The van der Waals surface area contributed by atoms with Crippen LogP contribution in [0.3, 0.4) is 0 Å². The van der Waals surface area contributed by atoms with Crippen LogP contribution in [0.1, 0.15) is 10.5 Å². The number of aromatic nitrogens is 2. The second-order valence-electron chi connectivity index (χ2n) is 3.44. The van der Waals surface area contributed by atoms with E-state index in [-0.39, 0.29) is 17.8 Å². The van der Waals surface area contributed by atoms with Crippen LogP contribution in [0.2, 0.25) is 0 Å². The van der Waals surface area contributed by atoms with Crippen LogP contribution < -0.4 is 5.56 Å². The minimum absolute atomic E-state index is 0.0337. The van der Waals surface area contributed by atoms with Gasteiger partial charge in [0.15, 0.2) is 0 Å². The molecular formula is C11H11N3O4. The zero-order valence-electron chi connectivity index (χ0n) is 9.66. The second-order valence-corrected chi connectivity index (χ2v) is 3.44. The summed E-state index contributed by atoms with van der Waals surface area (Å²) in [4.78, 5) is 34.6. The number of hydrogen-bond acceptors (Lipinski definition) is 4. The molecule has 0 aromatic carbocycles. The number of carboxylic acid groups (broad SMARTS) is 1. The molecule has 0 fully saturated rings. The van der Waals surface area contributed by atoms with Gasteiger partial charge in [-0.2, -0.15) is 5.10 Å². The van der Waals surface area contributed by atoms with Gasteiger partial charge in [0, 0.05) is 13.1 Å². The van der Waals surface area contributed by atoms with Crippen LogP contribution in [0.5, 0.6) is 0 Å². The summed E-state index contributed by atoms with van der Waals surface area (Å²) in [5.74, 6) is 0.385. The summed E-state index contributed by atoms with van der Waals surface area (Å²) in [7, 11) is 1.39. The van der Waals surface area contributed by atoms with E-state index in [1.165, 1.54) is 19.2 Å². The molecule has 0 unspecified atom stereocenters. The Morgan fingerprint density at radius 2 is 2.22 bits per heavy atom. The number of carboxylic acids is 1. The third kappa shape index (κ3) is 3.18. The van der Waals surface area contributed by atoms with Gasteiger partial charge >= 0.3 is 5.97 Å². The zero-order valence-corrected chi connectivity index (χ0v) is 9.66. The van der Waals surface area contributed by atoms with Crippen LogP contribution in [-0.2, 0) is 11.8 Å². The number of hydrogen-bond donors (Lipinski definition) is 1. The molecule has 0 aliphatic heterocycles.